The van der Waals surface area contributed by atoms with Crippen LogP contribution in [0.5, 0.6) is 0 Å². The third-order valence-corrected chi connectivity index (χ3v) is 5.32. The highest BCUT2D eigenvalue weighted by molar-refractivity contribution is 5.94. The third-order valence-electron chi connectivity index (χ3n) is 5.32. The molecule has 3 atom stereocenters. The monoisotopic (exact) mass is 305 g/mol. The number of esters is 1. The number of carbonyl (C=O) groups is 1. The van der Waals surface area contributed by atoms with Crippen LogP contribution in [-0.4, -0.2) is 46.8 Å². The zero-order chi connectivity index (χ0) is 15.7. The van der Waals surface area contributed by atoms with Crippen LogP contribution in [0.1, 0.15) is 43.0 Å². The highest BCUT2D eigenvalue weighted by atomic mass is 16.5. The van der Waals surface area contributed by atoms with Gasteiger partial charge in [0, 0.05) is 25.2 Å². The zero-order valence-corrected chi connectivity index (χ0v) is 13.2. The minimum atomic E-state index is -0.587. The first-order chi connectivity index (χ1) is 10.6. The summed E-state index contributed by atoms with van der Waals surface area (Å²) in [4.78, 5) is 22.2. The molecule has 0 amide bonds. The molecular formula is C16H23N3O3. The van der Waals surface area contributed by atoms with Gasteiger partial charge in [-0.2, -0.15) is 0 Å². The molecule has 0 spiro atoms. The Labute approximate surface area is 130 Å². The van der Waals surface area contributed by atoms with Gasteiger partial charge in [-0.15, -0.1) is 0 Å². The summed E-state index contributed by atoms with van der Waals surface area (Å²) in [5, 5.41) is 10.9. The van der Waals surface area contributed by atoms with Gasteiger partial charge in [0.15, 0.2) is 0 Å². The van der Waals surface area contributed by atoms with Crippen molar-refractivity contribution in [1.82, 2.24) is 9.97 Å². The van der Waals surface area contributed by atoms with Crippen LogP contribution >= 0.6 is 0 Å². The first kappa shape index (κ1) is 15.2. The SMILES string of the molecule is CC[C@]1(O)CCC[C@H]2CN(c3ncncc3C(=O)OC)C[C@H]21. The number of hydrogen-bond acceptors (Lipinski definition) is 6. The topological polar surface area (TPSA) is 75.5 Å². The average Bonchev–Trinajstić information content (AvgIpc) is 3.00. The molecule has 0 unspecified atom stereocenters. The number of rotatable bonds is 3. The van der Waals surface area contributed by atoms with Crippen LogP contribution in [0.15, 0.2) is 12.5 Å². The number of methoxy groups -OCH3 is 1. The lowest BCUT2D eigenvalue weighted by molar-refractivity contribution is -0.0597. The highest BCUT2D eigenvalue weighted by Crippen LogP contribution is 2.45. The molecule has 1 aliphatic heterocycles. The van der Waals surface area contributed by atoms with Crippen molar-refractivity contribution in [2.75, 3.05) is 25.1 Å². The van der Waals surface area contributed by atoms with E-state index in [1.807, 2.05) is 0 Å². The Kier molecular flexibility index (Phi) is 4.04. The van der Waals surface area contributed by atoms with Crippen molar-refractivity contribution < 1.29 is 14.6 Å². The lowest BCUT2D eigenvalue weighted by atomic mass is 9.69. The van der Waals surface area contributed by atoms with Gasteiger partial charge < -0.3 is 14.7 Å². The predicted molar refractivity (Wildman–Crippen MR) is 81.7 cm³/mol. The van der Waals surface area contributed by atoms with Crippen molar-refractivity contribution in [3.05, 3.63) is 18.1 Å². The molecule has 1 saturated carbocycles. The van der Waals surface area contributed by atoms with Gasteiger partial charge in [0.05, 0.1) is 12.7 Å². The molecule has 22 heavy (non-hydrogen) atoms. The van der Waals surface area contributed by atoms with E-state index in [2.05, 4.69) is 21.8 Å². The van der Waals surface area contributed by atoms with Crippen molar-refractivity contribution in [1.29, 1.82) is 0 Å². The van der Waals surface area contributed by atoms with Crippen molar-refractivity contribution in [2.45, 2.75) is 38.2 Å². The first-order valence-corrected chi connectivity index (χ1v) is 7.94. The molecule has 6 nitrogen and oxygen atoms in total. The molecule has 1 N–H and O–H groups in total. The van der Waals surface area contributed by atoms with E-state index >= 15 is 0 Å². The van der Waals surface area contributed by atoms with E-state index in [9.17, 15) is 9.90 Å². The van der Waals surface area contributed by atoms with Gasteiger partial charge in [0.2, 0.25) is 0 Å². The van der Waals surface area contributed by atoms with Crippen molar-refractivity contribution in [3.63, 3.8) is 0 Å². The second-order valence-corrected chi connectivity index (χ2v) is 6.37. The summed E-state index contributed by atoms with van der Waals surface area (Å²) >= 11 is 0. The van der Waals surface area contributed by atoms with Gasteiger partial charge in [-0.1, -0.05) is 13.3 Å². The van der Waals surface area contributed by atoms with Gasteiger partial charge in [0.1, 0.15) is 17.7 Å². The fraction of sp³-hybridized carbons (Fsp3) is 0.688. The third kappa shape index (κ3) is 2.45. The summed E-state index contributed by atoms with van der Waals surface area (Å²) in [6.07, 6.45) is 6.79. The van der Waals surface area contributed by atoms with Gasteiger partial charge >= 0.3 is 5.97 Å². The van der Waals surface area contributed by atoms with Crippen molar-refractivity contribution in [2.24, 2.45) is 11.8 Å². The standard InChI is InChI=1S/C16H23N3O3/c1-3-16(21)6-4-5-11-8-19(9-13(11)16)14-12(15(20)22-2)7-17-10-18-14/h7,10-11,13,21H,3-6,8-9H2,1-2H3/t11-,13+,16-/m0/s1. The van der Waals surface area contributed by atoms with Crippen LogP contribution < -0.4 is 4.90 Å². The number of anilines is 1. The molecule has 2 fully saturated rings. The first-order valence-electron chi connectivity index (χ1n) is 7.94. The van der Waals surface area contributed by atoms with Crippen LogP contribution in [0, 0.1) is 11.8 Å². The van der Waals surface area contributed by atoms with Gasteiger partial charge in [-0.25, -0.2) is 14.8 Å². The normalized spacial score (nSPS) is 31.0. The molecule has 1 aromatic rings. The second kappa shape index (κ2) is 5.83. The van der Waals surface area contributed by atoms with Gasteiger partial charge in [0.25, 0.3) is 0 Å². The van der Waals surface area contributed by atoms with E-state index < -0.39 is 11.6 Å². The van der Waals surface area contributed by atoms with Crippen molar-refractivity contribution in [3.8, 4) is 0 Å². The number of ether oxygens (including phenoxy) is 1. The van der Waals surface area contributed by atoms with E-state index in [0.717, 1.165) is 38.8 Å². The number of carbonyl (C=O) groups excluding carboxylic acids is 1. The summed E-state index contributed by atoms with van der Waals surface area (Å²) in [5.41, 5.74) is -0.195. The fourth-order valence-electron chi connectivity index (χ4n) is 4.07. The average molecular weight is 305 g/mol. The molecule has 0 aromatic carbocycles. The molecule has 0 bridgehead atoms. The maximum Gasteiger partial charge on any atom is 0.343 e. The molecule has 1 aromatic heterocycles. The lowest BCUT2D eigenvalue weighted by Crippen LogP contribution is -2.44. The molecule has 120 valence electrons. The summed E-state index contributed by atoms with van der Waals surface area (Å²) in [6, 6.07) is 0. The zero-order valence-electron chi connectivity index (χ0n) is 13.2. The Balaban J connectivity index is 1.88. The predicted octanol–water partition coefficient (Wildman–Crippen LogP) is 1.64. The van der Waals surface area contributed by atoms with Crippen LogP contribution in [0.2, 0.25) is 0 Å². The molecule has 1 saturated heterocycles. The van der Waals surface area contributed by atoms with Crippen LogP contribution in [-0.2, 0) is 4.74 Å². The van der Waals surface area contributed by atoms with E-state index in [0.29, 0.717) is 17.3 Å². The largest absolute Gasteiger partial charge is 0.465 e. The Hall–Kier alpha value is -1.69. The number of hydrogen-bond donors (Lipinski definition) is 1. The molecule has 0 radical (unpaired) electrons. The maximum absolute atomic E-state index is 11.9. The smallest absolute Gasteiger partial charge is 0.343 e. The quantitative estimate of drug-likeness (QED) is 0.856. The Morgan fingerprint density at radius 3 is 3.09 bits per heavy atom. The second-order valence-electron chi connectivity index (χ2n) is 6.37. The number of aromatic nitrogens is 2. The van der Waals surface area contributed by atoms with Crippen LogP contribution in [0.3, 0.4) is 0 Å². The van der Waals surface area contributed by atoms with E-state index in [1.165, 1.54) is 19.6 Å². The highest BCUT2D eigenvalue weighted by Gasteiger charge is 2.48. The minimum Gasteiger partial charge on any atom is -0.465 e. The van der Waals surface area contributed by atoms with E-state index in [1.54, 1.807) is 0 Å². The molecule has 3 rings (SSSR count). The molecule has 2 aliphatic rings. The van der Waals surface area contributed by atoms with Crippen molar-refractivity contribution >= 4 is 11.8 Å². The molecular weight excluding hydrogens is 282 g/mol. The van der Waals surface area contributed by atoms with Crippen LogP contribution in [0.25, 0.3) is 0 Å². The number of fused-ring (bicyclic) bond motifs is 1. The van der Waals surface area contributed by atoms with Gasteiger partial charge in [-0.05, 0) is 25.2 Å². The Bertz CT molecular complexity index is 565. The summed E-state index contributed by atoms with van der Waals surface area (Å²) < 4.78 is 4.82. The van der Waals surface area contributed by atoms with Crippen LogP contribution in [0.4, 0.5) is 5.82 Å². The fourth-order valence-corrected chi connectivity index (χ4v) is 4.07. The molecule has 6 heteroatoms. The minimum absolute atomic E-state index is 0.242. The number of nitrogens with zero attached hydrogens (tertiary/aromatic N) is 3. The van der Waals surface area contributed by atoms with E-state index in [-0.39, 0.29) is 5.92 Å². The lowest BCUT2D eigenvalue weighted by Gasteiger charge is -2.40. The van der Waals surface area contributed by atoms with Gasteiger partial charge in [-0.3, -0.25) is 0 Å². The summed E-state index contributed by atoms with van der Waals surface area (Å²) in [7, 11) is 1.36. The van der Waals surface area contributed by atoms with E-state index in [4.69, 9.17) is 4.74 Å². The Morgan fingerprint density at radius 1 is 1.55 bits per heavy atom. The number of aliphatic hydroxyl groups is 1. The summed E-state index contributed by atoms with van der Waals surface area (Å²) in [6.45, 7) is 3.61. The molecule has 2 heterocycles. The maximum atomic E-state index is 11.9. The summed E-state index contributed by atoms with van der Waals surface area (Å²) in [5.74, 6) is 0.900. The Morgan fingerprint density at radius 2 is 2.36 bits per heavy atom. The molecule has 1 aliphatic carbocycles.